The molecule has 0 spiro atoms. The number of nitrogen functional groups attached to an aromatic ring is 1. The number of aromatic nitrogens is 5. The van der Waals surface area contributed by atoms with Gasteiger partial charge >= 0.3 is 0 Å². The van der Waals surface area contributed by atoms with Gasteiger partial charge in [-0.2, -0.15) is 0 Å². The summed E-state index contributed by atoms with van der Waals surface area (Å²) in [6.45, 7) is 8.34. The van der Waals surface area contributed by atoms with Crippen LogP contribution in [-0.4, -0.2) is 24.5 Å². The Kier molecular flexibility index (Phi) is 5.22. The Morgan fingerprint density at radius 3 is 2.70 bits per heavy atom. The van der Waals surface area contributed by atoms with Crippen molar-refractivity contribution in [2.75, 3.05) is 5.73 Å². The number of thiazole rings is 1. The molecule has 0 aromatic carbocycles. The summed E-state index contributed by atoms with van der Waals surface area (Å²) in [5.41, 5.74) is 8.60. The van der Waals surface area contributed by atoms with E-state index in [1.807, 2.05) is 23.8 Å². The number of hydrogen-bond acceptors (Lipinski definition) is 6. The lowest BCUT2D eigenvalue weighted by molar-refractivity contribution is 0.622. The molecule has 8 heteroatoms. The molecule has 152 valence electrons. The molecule has 0 unspecified atom stereocenters. The topological polar surface area (TPSA) is 82.5 Å². The van der Waals surface area contributed by atoms with Gasteiger partial charge in [-0.15, -0.1) is 11.3 Å². The van der Waals surface area contributed by atoms with Crippen LogP contribution in [0.1, 0.15) is 44.4 Å². The average molecular weight is 437 g/mol. The fourth-order valence-electron chi connectivity index (χ4n) is 3.21. The van der Waals surface area contributed by atoms with Crippen molar-refractivity contribution in [1.82, 2.24) is 24.5 Å². The third kappa shape index (κ3) is 3.76. The monoisotopic (exact) mass is 436 g/mol. The van der Waals surface area contributed by atoms with E-state index in [9.17, 15) is 0 Å². The SMILES string of the molecule is CC(C)n1cc(-c2nc(N)ncc2Cl)c2cc(C#CC(C)(C)c3nccs3)ncc21. The smallest absolute Gasteiger partial charge is 0.220 e. The van der Waals surface area contributed by atoms with Gasteiger partial charge in [0.25, 0.3) is 0 Å². The highest BCUT2D eigenvalue weighted by atomic mass is 35.5. The maximum Gasteiger partial charge on any atom is 0.220 e. The van der Waals surface area contributed by atoms with Crippen molar-refractivity contribution < 1.29 is 0 Å². The van der Waals surface area contributed by atoms with Crippen LogP contribution in [0.15, 0.2) is 36.2 Å². The molecule has 0 radical (unpaired) electrons. The van der Waals surface area contributed by atoms with Crippen LogP contribution in [0.2, 0.25) is 5.02 Å². The Labute approximate surface area is 184 Å². The van der Waals surface area contributed by atoms with E-state index in [-0.39, 0.29) is 17.4 Å². The van der Waals surface area contributed by atoms with E-state index in [0.29, 0.717) is 16.4 Å². The zero-order valence-electron chi connectivity index (χ0n) is 17.1. The van der Waals surface area contributed by atoms with Gasteiger partial charge in [0.15, 0.2) is 0 Å². The Balaban J connectivity index is 1.86. The number of nitrogens with zero attached hydrogens (tertiary/aromatic N) is 5. The van der Waals surface area contributed by atoms with Gasteiger partial charge in [0, 0.05) is 34.8 Å². The minimum absolute atomic E-state index is 0.180. The standard InChI is InChI=1S/C22H21ClN6S/c1-13(2)29-12-16(19-17(23)10-27-21(24)28-19)15-9-14(26-11-18(15)29)5-6-22(3,4)20-25-7-8-30-20/h7-13H,1-4H3,(H2,24,27,28). The van der Waals surface area contributed by atoms with Crippen LogP contribution in [0.5, 0.6) is 0 Å². The van der Waals surface area contributed by atoms with E-state index in [2.05, 4.69) is 64.0 Å². The van der Waals surface area contributed by atoms with Crippen molar-refractivity contribution in [2.24, 2.45) is 0 Å². The fraction of sp³-hybridized carbons (Fsp3) is 0.273. The zero-order chi connectivity index (χ0) is 21.5. The van der Waals surface area contributed by atoms with Gasteiger partial charge in [0.2, 0.25) is 5.95 Å². The first kappa shape index (κ1) is 20.3. The summed E-state index contributed by atoms with van der Waals surface area (Å²) in [6.07, 6.45) is 7.20. The summed E-state index contributed by atoms with van der Waals surface area (Å²) in [4.78, 5) is 17.3. The predicted molar refractivity (Wildman–Crippen MR) is 123 cm³/mol. The first-order valence-electron chi connectivity index (χ1n) is 9.48. The van der Waals surface area contributed by atoms with Crippen LogP contribution in [0, 0.1) is 11.8 Å². The maximum atomic E-state index is 6.40. The van der Waals surface area contributed by atoms with Gasteiger partial charge in [0.05, 0.1) is 34.0 Å². The third-order valence-electron chi connectivity index (χ3n) is 4.76. The average Bonchev–Trinajstić information content (AvgIpc) is 3.37. The number of halogens is 1. The molecule has 0 fully saturated rings. The Bertz CT molecular complexity index is 1280. The van der Waals surface area contributed by atoms with E-state index < -0.39 is 0 Å². The molecule has 0 aliphatic rings. The number of hydrogen-bond donors (Lipinski definition) is 1. The molecule has 4 heterocycles. The first-order chi connectivity index (χ1) is 14.3. The molecule has 2 N–H and O–H groups in total. The second kappa shape index (κ2) is 7.71. The van der Waals surface area contributed by atoms with E-state index in [4.69, 9.17) is 17.3 Å². The number of fused-ring (bicyclic) bond motifs is 1. The van der Waals surface area contributed by atoms with E-state index >= 15 is 0 Å². The molecular weight excluding hydrogens is 416 g/mol. The second-order valence-corrected chi connectivity index (χ2v) is 9.07. The van der Waals surface area contributed by atoms with Crippen molar-refractivity contribution >= 4 is 39.8 Å². The Morgan fingerprint density at radius 2 is 2.00 bits per heavy atom. The number of nitrogens with two attached hydrogens (primary N) is 1. The summed E-state index contributed by atoms with van der Waals surface area (Å²) in [7, 11) is 0. The molecule has 4 aromatic rings. The van der Waals surface area contributed by atoms with Crippen LogP contribution >= 0.6 is 22.9 Å². The summed E-state index contributed by atoms with van der Waals surface area (Å²) < 4.78 is 2.14. The van der Waals surface area contributed by atoms with Gasteiger partial charge in [-0.05, 0) is 39.7 Å². The lowest BCUT2D eigenvalue weighted by Crippen LogP contribution is -2.13. The quantitative estimate of drug-likeness (QED) is 0.452. The summed E-state index contributed by atoms with van der Waals surface area (Å²) in [5, 5.41) is 4.35. The lowest BCUT2D eigenvalue weighted by atomic mass is 9.95. The van der Waals surface area contributed by atoms with Crippen molar-refractivity contribution in [1.29, 1.82) is 0 Å². The van der Waals surface area contributed by atoms with Crippen LogP contribution in [-0.2, 0) is 5.41 Å². The van der Waals surface area contributed by atoms with Crippen molar-refractivity contribution in [3.8, 4) is 23.1 Å². The van der Waals surface area contributed by atoms with Crippen LogP contribution in [0.25, 0.3) is 22.2 Å². The van der Waals surface area contributed by atoms with Crippen molar-refractivity contribution in [3.63, 3.8) is 0 Å². The largest absolute Gasteiger partial charge is 0.368 e. The molecule has 0 amide bonds. The molecule has 4 aromatic heterocycles. The Hall–Kier alpha value is -2.95. The molecule has 0 saturated heterocycles. The van der Waals surface area contributed by atoms with Crippen LogP contribution in [0.3, 0.4) is 0 Å². The van der Waals surface area contributed by atoms with Gasteiger partial charge < -0.3 is 10.3 Å². The molecule has 30 heavy (non-hydrogen) atoms. The van der Waals surface area contributed by atoms with E-state index in [0.717, 1.165) is 21.5 Å². The van der Waals surface area contributed by atoms with Crippen LogP contribution in [0.4, 0.5) is 5.95 Å². The molecule has 0 aliphatic carbocycles. The van der Waals surface area contributed by atoms with Gasteiger partial charge in [0.1, 0.15) is 10.7 Å². The van der Waals surface area contributed by atoms with E-state index in [1.54, 1.807) is 17.5 Å². The van der Waals surface area contributed by atoms with Gasteiger partial charge in [-0.3, -0.25) is 0 Å². The molecule has 0 bridgehead atoms. The highest BCUT2D eigenvalue weighted by Crippen LogP contribution is 2.35. The molecule has 4 rings (SSSR count). The number of rotatable bonds is 3. The zero-order valence-corrected chi connectivity index (χ0v) is 18.7. The second-order valence-electron chi connectivity index (χ2n) is 7.77. The molecule has 6 nitrogen and oxygen atoms in total. The normalized spacial score (nSPS) is 11.7. The maximum absolute atomic E-state index is 6.40. The third-order valence-corrected chi connectivity index (χ3v) is 6.14. The highest BCUT2D eigenvalue weighted by Gasteiger charge is 2.21. The first-order valence-corrected chi connectivity index (χ1v) is 10.7. The van der Waals surface area contributed by atoms with Gasteiger partial charge in [-0.1, -0.05) is 17.5 Å². The summed E-state index contributed by atoms with van der Waals surface area (Å²) >= 11 is 8.00. The predicted octanol–water partition coefficient (Wildman–Crippen LogP) is 5.10. The Morgan fingerprint density at radius 1 is 1.20 bits per heavy atom. The summed E-state index contributed by atoms with van der Waals surface area (Å²) in [6, 6.07) is 2.21. The minimum atomic E-state index is -0.359. The number of anilines is 1. The number of pyridine rings is 1. The van der Waals surface area contributed by atoms with Gasteiger partial charge in [-0.25, -0.2) is 19.9 Å². The molecular formula is C22H21ClN6S. The van der Waals surface area contributed by atoms with Crippen molar-refractivity contribution in [2.45, 2.75) is 39.2 Å². The fourth-order valence-corrected chi connectivity index (χ4v) is 4.12. The minimum Gasteiger partial charge on any atom is -0.368 e. The molecule has 0 atom stereocenters. The van der Waals surface area contributed by atoms with Crippen LogP contribution < -0.4 is 5.73 Å². The molecule has 0 aliphatic heterocycles. The van der Waals surface area contributed by atoms with Crippen molar-refractivity contribution in [3.05, 3.63) is 52.0 Å². The van der Waals surface area contributed by atoms with E-state index in [1.165, 1.54) is 6.20 Å². The molecule has 0 saturated carbocycles. The lowest BCUT2D eigenvalue weighted by Gasteiger charge is -2.13. The summed E-state index contributed by atoms with van der Waals surface area (Å²) in [5.74, 6) is 6.70. The highest BCUT2D eigenvalue weighted by molar-refractivity contribution is 7.09.